The minimum absolute atomic E-state index is 0.0284. The fourth-order valence-corrected chi connectivity index (χ4v) is 4.06. The van der Waals surface area contributed by atoms with Crippen LogP contribution in [0.4, 0.5) is 5.69 Å². The van der Waals surface area contributed by atoms with E-state index in [0.717, 1.165) is 35.0 Å². The van der Waals surface area contributed by atoms with Crippen LogP contribution in [-0.4, -0.2) is 32.1 Å². The van der Waals surface area contributed by atoms with E-state index >= 15 is 0 Å². The summed E-state index contributed by atoms with van der Waals surface area (Å²) in [5, 5.41) is 5.11. The number of rotatable bonds is 4. The highest BCUT2D eigenvalue weighted by molar-refractivity contribution is 6.08. The maximum atomic E-state index is 12.9. The van der Waals surface area contributed by atoms with Gasteiger partial charge in [-0.1, -0.05) is 18.2 Å². The SMILES string of the molecule is COc1cc2c(cc1NC(=O)[C@H](C)[NH+]1CCCCCC1)oc1ccccc12. The van der Waals surface area contributed by atoms with Crippen molar-refractivity contribution in [3.05, 3.63) is 36.4 Å². The molecule has 0 spiro atoms. The molecule has 2 heterocycles. The second-order valence-electron chi connectivity index (χ2n) is 7.43. The standard InChI is InChI=1S/C22H26N2O3/c1-15(24-11-7-3-4-8-12-24)22(25)23-18-14-20-17(13-21(18)26-2)16-9-5-6-10-19(16)27-20/h5-6,9-10,13-15H,3-4,7-8,11-12H2,1-2H3,(H,23,25)/p+1/t15-/m0/s1. The molecule has 1 saturated heterocycles. The van der Waals surface area contributed by atoms with Crippen molar-refractivity contribution in [2.75, 3.05) is 25.5 Å². The largest absolute Gasteiger partial charge is 0.495 e. The minimum Gasteiger partial charge on any atom is -0.495 e. The quantitative estimate of drug-likeness (QED) is 0.743. The first-order valence-corrected chi connectivity index (χ1v) is 9.82. The molecule has 1 fully saturated rings. The van der Waals surface area contributed by atoms with Crippen molar-refractivity contribution in [3.63, 3.8) is 0 Å². The third-order valence-electron chi connectivity index (χ3n) is 5.71. The van der Waals surface area contributed by atoms with Crippen molar-refractivity contribution in [1.82, 2.24) is 0 Å². The number of amides is 1. The average Bonchev–Trinajstić information content (AvgIpc) is 2.85. The van der Waals surface area contributed by atoms with E-state index in [1.54, 1.807) is 7.11 Å². The fourth-order valence-electron chi connectivity index (χ4n) is 4.06. The van der Waals surface area contributed by atoms with Gasteiger partial charge in [-0.2, -0.15) is 0 Å². The summed E-state index contributed by atoms with van der Waals surface area (Å²) < 4.78 is 11.5. The first-order chi connectivity index (χ1) is 13.2. The van der Waals surface area contributed by atoms with Crippen LogP contribution < -0.4 is 15.0 Å². The summed E-state index contributed by atoms with van der Waals surface area (Å²) in [6.07, 6.45) is 4.94. The number of carbonyl (C=O) groups excluding carboxylic acids is 1. The number of carbonyl (C=O) groups is 1. The lowest BCUT2D eigenvalue weighted by molar-refractivity contribution is -0.913. The van der Waals surface area contributed by atoms with Gasteiger partial charge in [-0.05, 0) is 44.7 Å². The highest BCUT2D eigenvalue weighted by atomic mass is 16.5. The van der Waals surface area contributed by atoms with Crippen molar-refractivity contribution in [2.24, 2.45) is 0 Å². The van der Waals surface area contributed by atoms with Crippen LogP contribution in [0.3, 0.4) is 0 Å². The Morgan fingerprint density at radius 1 is 1.07 bits per heavy atom. The number of para-hydroxylation sites is 1. The van der Waals surface area contributed by atoms with E-state index in [-0.39, 0.29) is 11.9 Å². The van der Waals surface area contributed by atoms with Gasteiger partial charge in [0.15, 0.2) is 6.04 Å². The van der Waals surface area contributed by atoms with Crippen molar-refractivity contribution < 1.29 is 18.8 Å². The zero-order valence-electron chi connectivity index (χ0n) is 16.0. The molecule has 1 atom stereocenters. The maximum absolute atomic E-state index is 12.9. The summed E-state index contributed by atoms with van der Waals surface area (Å²) in [5.41, 5.74) is 2.25. The third-order valence-corrected chi connectivity index (χ3v) is 5.71. The number of hydrogen-bond acceptors (Lipinski definition) is 3. The van der Waals surface area contributed by atoms with Gasteiger partial charge in [-0.15, -0.1) is 0 Å². The fraction of sp³-hybridized carbons (Fsp3) is 0.409. The van der Waals surface area contributed by atoms with E-state index in [0.29, 0.717) is 11.4 Å². The van der Waals surface area contributed by atoms with Gasteiger partial charge in [0, 0.05) is 16.8 Å². The maximum Gasteiger partial charge on any atom is 0.282 e. The Morgan fingerprint density at radius 3 is 2.56 bits per heavy atom. The van der Waals surface area contributed by atoms with Crippen LogP contribution in [0.25, 0.3) is 21.9 Å². The number of ether oxygens (including phenoxy) is 1. The molecule has 27 heavy (non-hydrogen) atoms. The summed E-state index contributed by atoms with van der Waals surface area (Å²) in [6, 6.07) is 11.7. The first kappa shape index (κ1) is 17.9. The number of nitrogens with one attached hydrogen (secondary N) is 2. The molecular formula is C22H27N2O3+. The highest BCUT2D eigenvalue weighted by Crippen LogP contribution is 2.36. The van der Waals surface area contributed by atoms with Crippen LogP contribution in [0.1, 0.15) is 32.6 Å². The van der Waals surface area contributed by atoms with E-state index in [1.807, 2.05) is 43.3 Å². The summed E-state index contributed by atoms with van der Waals surface area (Å²) >= 11 is 0. The zero-order chi connectivity index (χ0) is 18.8. The average molecular weight is 367 g/mol. The molecule has 0 saturated carbocycles. The molecule has 2 N–H and O–H groups in total. The molecule has 3 aromatic rings. The van der Waals surface area contributed by atoms with Crippen molar-refractivity contribution in [3.8, 4) is 5.75 Å². The topological polar surface area (TPSA) is 55.9 Å². The van der Waals surface area contributed by atoms with Gasteiger partial charge in [-0.25, -0.2) is 0 Å². The van der Waals surface area contributed by atoms with Gasteiger partial charge >= 0.3 is 0 Å². The molecule has 1 aromatic heterocycles. The van der Waals surface area contributed by atoms with Gasteiger partial charge < -0.3 is 19.4 Å². The Labute approximate surface area is 159 Å². The van der Waals surface area contributed by atoms with Gasteiger partial charge in [0.1, 0.15) is 16.9 Å². The molecule has 0 unspecified atom stereocenters. The molecule has 4 rings (SSSR count). The minimum atomic E-state index is -0.0841. The predicted molar refractivity (Wildman–Crippen MR) is 108 cm³/mol. The van der Waals surface area contributed by atoms with Crippen LogP contribution in [0.15, 0.2) is 40.8 Å². The van der Waals surface area contributed by atoms with Gasteiger partial charge in [0.05, 0.1) is 25.9 Å². The van der Waals surface area contributed by atoms with Crippen LogP contribution in [0.2, 0.25) is 0 Å². The number of likely N-dealkylation sites (tertiary alicyclic amines) is 1. The molecule has 1 amide bonds. The Bertz CT molecular complexity index is 955. The molecule has 0 radical (unpaired) electrons. The van der Waals surface area contributed by atoms with E-state index in [4.69, 9.17) is 9.15 Å². The summed E-state index contributed by atoms with van der Waals surface area (Å²) in [7, 11) is 1.63. The summed E-state index contributed by atoms with van der Waals surface area (Å²) in [6.45, 7) is 4.14. The molecule has 1 aliphatic heterocycles. The van der Waals surface area contributed by atoms with Crippen LogP contribution >= 0.6 is 0 Å². The van der Waals surface area contributed by atoms with Crippen molar-refractivity contribution >= 4 is 33.5 Å². The lowest BCUT2D eigenvalue weighted by Crippen LogP contribution is -3.16. The van der Waals surface area contributed by atoms with E-state index in [2.05, 4.69) is 5.32 Å². The Morgan fingerprint density at radius 2 is 1.81 bits per heavy atom. The number of anilines is 1. The number of hydrogen-bond donors (Lipinski definition) is 2. The summed E-state index contributed by atoms with van der Waals surface area (Å²) in [5.74, 6) is 0.682. The number of quaternary nitrogens is 1. The second-order valence-corrected chi connectivity index (χ2v) is 7.43. The Balaban J connectivity index is 1.62. The van der Waals surface area contributed by atoms with Gasteiger partial charge in [0.2, 0.25) is 0 Å². The summed E-state index contributed by atoms with van der Waals surface area (Å²) in [4.78, 5) is 14.3. The van der Waals surface area contributed by atoms with Crippen LogP contribution in [-0.2, 0) is 4.79 Å². The zero-order valence-corrected chi connectivity index (χ0v) is 16.0. The van der Waals surface area contributed by atoms with Crippen LogP contribution in [0.5, 0.6) is 5.75 Å². The van der Waals surface area contributed by atoms with E-state index in [1.165, 1.54) is 30.6 Å². The van der Waals surface area contributed by atoms with E-state index in [9.17, 15) is 4.79 Å². The first-order valence-electron chi connectivity index (χ1n) is 9.82. The normalized spacial score (nSPS) is 17.0. The smallest absolute Gasteiger partial charge is 0.282 e. The van der Waals surface area contributed by atoms with Crippen molar-refractivity contribution in [2.45, 2.75) is 38.6 Å². The molecule has 142 valence electrons. The molecule has 5 heteroatoms. The molecule has 1 aliphatic rings. The molecule has 0 bridgehead atoms. The molecule has 2 aromatic carbocycles. The second kappa shape index (κ2) is 7.61. The number of methoxy groups -OCH3 is 1. The monoisotopic (exact) mass is 367 g/mol. The van der Waals surface area contributed by atoms with Crippen LogP contribution in [0, 0.1) is 0 Å². The lowest BCUT2D eigenvalue weighted by Gasteiger charge is -2.24. The highest BCUT2D eigenvalue weighted by Gasteiger charge is 2.26. The number of fused-ring (bicyclic) bond motifs is 3. The van der Waals surface area contributed by atoms with Crippen molar-refractivity contribution in [1.29, 1.82) is 0 Å². The van der Waals surface area contributed by atoms with Gasteiger partial charge in [0.25, 0.3) is 5.91 Å². The lowest BCUT2D eigenvalue weighted by atomic mass is 10.1. The van der Waals surface area contributed by atoms with Gasteiger partial charge in [-0.3, -0.25) is 4.79 Å². The molecular weight excluding hydrogens is 340 g/mol. The Kier molecular flexibility index (Phi) is 5.03. The predicted octanol–water partition coefficient (Wildman–Crippen LogP) is 3.38. The number of furan rings is 1. The number of benzene rings is 2. The molecule has 5 nitrogen and oxygen atoms in total. The van der Waals surface area contributed by atoms with E-state index < -0.39 is 0 Å². The molecule has 0 aliphatic carbocycles. The third kappa shape index (κ3) is 3.52. The Hall–Kier alpha value is -2.53.